The molecule has 1 rings (SSSR count). The van der Waals surface area contributed by atoms with Gasteiger partial charge < -0.3 is 0 Å². The van der Waals surface area contributed by atoms with Crippen molar-refractivity contribution in [2.45, 2.75) is 38.0 Å². The highest BCUT2D eigenvalue weighted by Crippen LogP contribution is 2.29. The van der Waals surface area contributed by atoms with Crippen LogP contribution >= 0.6 is 0 Å². The molecule has 0 aliphatic rings. The Hall–Kier alpha value is -1.31. The van der Waals surface area contributed by atoms with Crippen molar-refractivity contribution in [2.75, 3.05) is 0 Å². The number of rotatable bonds is 4. The summed E-state index contributed by atoms with van der Waals surface area (Å²) in [6.45, 7) is 1.26. The quantitative estimate of drug-likeness (QED) is 0.653. The summed E-state index contributed by atoms with van der Waals surface area (Å²) in [6, 6.07) is 3.22. The van der Waals surface area contributed by atoms with Gasteiger partial charge in [-0.1, -0.05) is 18.2 Å². The molecule has 1 nitrogen and oxygen atoms in total. The SMILES string of the molecule is CC(Cc1cccc(C(F)(F)F)c1)NC(F)C(F)(F)F. The zero-order chi connectivity index (χ0) is 15.6. The summed E-state index contributed by atoms with van der Waals surface area (Å²) in [6.07, 6.45) is -12.9. The van der Waals surface area contributed by atoms with Crippen molar-refractivity contribution in [1.82, 2.24) is 5.32 Å². The van der Waals surface area contributed by atoms with Gasteiger partial charge in [-0.3, -0.25) is 5.32 Å². The Morgan fingerprint density at radius 2 is 1.70 bits per heavy atom. The number of halogens is 7. The fraction of sp³-hybridized carbons (Fsp3) is 0.500. The first-order valence-corrected chi connectivity index (χ1v) is 5.63. The normalized spacial score (nSPS) is 16.0. The van der Waals surface area contributed by atoms with Crippen LogP contribution in [0.25, 0.3) is 0 Å². The third-order valence-electron chi connectivity index (χ3n) is 2.51. The van der Waals surface area contributed by atoms with E-state index in [0.29, 0.717) is 0 Å². The fourth-order valence-electron chi connectivity index (χ4n) is 1.63. The van der Waals surface area contributed by atoms with E-state index in [1.54, 1.807) is 5.32 Å². The molecule has 0 radical (unpaired) electrons. The highest BCUT2D eigenvalue weighted by Gasteiger charge is 2.40. The molecule has 0 spiro atoms. The fourth-order valence-corrected chi connectivity index (χ4v) is 1.63. The molecular weight excluding hydrogens is 291 g/mol. The van der Waals surface area contributed by atoms with E-state index in [2.05, 4.69) is 0 Å². The third-order valence-corrected chi connectivity index (χ3v) is 2.51. The second-order valence-corrected chi connectivity index (χ2v) is 4.37. The number of hydrogen-bond donors (Lipinski definition) is 1. The zero-order valence-electron chi connectivity index (χ0n) is 10.3. The number of alkyl halides is 7. The monoisotopic (exact) mass is 303 g/mol. The maximum absolute atomic E-state index is 12.7. The topological polar surface area (TPSA) is 12.0 Å². The largest absolute Gasteiger partial charge is 0.433 e. The average molecular weight is 303 g/mol. The van der Waals surface area contributed by atoms with Crippen LogP contribution in [0.5, 0.6) is 0 Å². The average Bonchev–Trinajstić information content (AvgIpc) is 2.26. The van der Waals surface area contributed by atoms with E-state index in [4.69, 9.17) is 0 Å². The summed E-state index contributed by atoms with van der Waals surface area (Å²) in [5.74, 6) is 0. The first-order valence-electron chi connectivity index (χ1n) is 5.63. The van der Waals surface area contributed by atoms with Gasteiger partial charge in [0.1, 0.15) is 0 Å². The molecule has 0 amide bonds. The molecule has 2 unspecified atom stereocenters. The third kappa shape index (κ3) is 4.99. The lowest BCUT2D eigenvalue weighted by Gasteiger charge is -2.19. The number of nitrogens with one attached hydrogen (secondary N) is 1. The van der Waals surface area contributed by atoms with Gasteiger partial charge in [-0.05, 0) is 25.0 Å². The van der Waals surface area contributed by atoms with E-state index in [-0.39, 0.29) is 12.0 Å². The van der Waals surface area contributed by atoms with Crippen LogP contribution in [0.2, 0.25) is 0 Å². The van der Waals surface area contributed by atoms with Crippen molar-refractivity contribution in [2.24, 2.45) is 0 Å². The summed E-state index contributed by atoms with van der Waals surface area (Å²) < 4.78 is 86.0. The Morgan fingerprint density at radius 3 is 2.20 bits per heavy atom. The molecule has 0 saturated carbocycles. The van der Waals surface area contributed by atoms with Crippen molar-refractivity contribution in [3.63, 3.8) is 0 Å². The molecule has 1 aromatic rings. The molecule has 8 heteroatoms. The van der Waals surface area contributed by atoms with Crippen LogP contribution in [0, 0.1) is 0 Å². The van der Waals surface area contributed by atoms with Gasteiger partial charge in [0, 0.05) is 6.04 Å². The molecule has 0 aromatic heterocycles. The minimum Gasteiger partial charge on any atom is -0.277 e. The van der Waals surface area contributed by atoms with Gasteiger partial charge >= 0.3 is 12.4 Å². The second-order valence-electron chi connectivity index (χ2n) is 4.37. The summed E-state index contributed by atoms with van der Waals surface area (Å²) >= 11 is 0. The van der Waals surface area contributed by atoms with Crippen LogP contribution in [-0.4, -0.2) is 18.5 Å². The molecule has 20 heavy (non-hydrogen) atoms. The lowest BCUT2D eigenvalue weighted by molar-refractivity contribution is -0.191. The molecule has 0 aliphatic heterocycles. The van der Waals surface area contributed by atoms with Gasteiger partial charge in [-0.25, -0.2) is 4.39 Å². The summed E-state index contributed by atoms with van der Waals surface area (Å²) in [4.78, 5) is 0. The Bertz CT molecular complexity index is 438. The molecule has 114 valence electrons. The molecule has 2 atom stereocenters. The van der Waals surface area contributed by atoms with Crippen LogP contribution in [0.4, 0.5) is 30.7 Å². The Balaban J connectivity index is 2.69. The van der Waals surface area contributed by atoms with Gasteiger partial charge in [0.25, 0.3) is 0 Å². The number of hydrogen-bond acceptors (Lipinski definition) is 1. The maximum Gasteiger partial charge on any atom is 0.433 e. The van der Waals surface area contributed by atoms with Crippen molar-refractivity contribution in [3.05, 3.63) is 35.4 Å². The second kappa shape index (κ2) is 5.99. The maximum atomic E-state index is 12.7. The van der Waals surface area contributed by atoms with E-state index in [9.17, 15) is 30.7 Å². The van der Waals surface area contributed by atoms with Crippen LogP contribution in [0.1, 0.15) is 18.1 Å². The van der Waals surface area contributed by atoms with Crippen molar-refractivity contribution >= 4 is 0 Å². The lowest BCUT2D eigenvalue weighted by atomic mass is 10.0. The van der Waals surface area contributed by atoms with Crippen LogP contribution in [0.15, 0.2) is 24.3 Å². The van der Waals surface area contributed by atoms with Gasteiger partial charge in [-0.2, -0.15) is 26.3 Å². The highest BCUT2D eigenvalue weighted by atomic mass is 19.4. The van der Waals surface area contributed by atoms with Gasteiger partial charge in [0.15, 0.2) is 0 Å². The summed E-state index contributed by atoms with van der Waals surface area (Å²) in [7, 11) is 0. The first-order chi connectivity index (χ1) is 9.00. The lowest BCUT2D eigenvalue weighted by Crippen LogP contribution is -2.44. The predicted octanol–water partition coefficient (Wildman–Crippen LogP) is 4.08. The molecule has 1 N–H and O–H groups in total. The molecule has 0 heterocycles. The minimum absolute atomic E-state index is 0.152. The molecule has 0 saturated heterocycles. The number of benzene rings is 1. The summed E-state index contributed by atoms with van der Waals surface area (Å²) in [5, 5.41) is 1.65. The smallest absolute Gasteiger partial charge is 0.277 e. The molecular formula is C12H12F7N. The minimum atomic E-state index is -5.04. The van der Waals surface area contributed by atoms with Gasteiger partial charge in [0.05, 0.1) is 5.56 Å². The predicted molar refractivity (Wildman–Crippen MR) is 58.7 cm³/mol. The Labute approximate surface area is 110 Å². The van der Waals surface area contributed by atoms with Gasteiger partial charge in [0.2, 0.25) is 6.30 Å². The van der Waals surface area contributed by atoms with Crippen molar-refractivity contribution in [1.29, 1.82) is 0 Å². The van der Waals surface area contributed by atoms with Crippen LogP contribution < -0.4 is 5.32 Å². The molecule has 0 fully saturated rings. The van der Waals surface area contributed by atoms with E-state index in [1.807, 2.05) is 0 Å². The van der Waals surface area contributed by atoms with Gasteiger partial charge in [-0.15, -0.1) is 0 Å². The van der Waals surface area contributed by atoms with Crippen LogP contribution in [0.3, 0.4) is 0 Å². The van der Waals surface area contributed by atoms with E-state index in [0.717, 1.165) is 18.2 Å². The van der Waals surface area contributed by atoms with Crippen molar-refractivity contribution in [3.8, 4) is 0 Å². The standard InChI is InChI=1S/C12H12F7N/c1-7(20-10(13)12(17,18)19)5-8-3-2-4-9(6-8)11(14,15)16/h2-4,6-7,10,20H,5H2,1H3. The van der Waals surface area contributed by atoms with E-state index < -0.39 is 30.3 Å². The molecule has 1 aromatic carbocycles. The van der Waals surface area contributed by atoms with E-state index >= 15 is 0 Å². The highest BCUT2D eigenvalue weighted by molar-refractivity contribution is 5.26. The molecule has 0 aliphatic carbocycles. The van der Waals surface area contributed by atoms with Crippen LogP contribution in [-0.2, 0) is 12.6 Å². The Kier molecular flexibility index (Phi) is 5.01. The van der Waals surface area contributed by atoms with Crippen molar-refractivity contribution < 1.29 is 30.7 Å². The zero-order valence-corrected chi connectivity index (χ0v) is 10.3. The first kappa shape index (κ1) is 16.7. The van der Waals surface area contributed by atoms with E-state index in [1.165, 1.54) is 13.0 Å². The Morgan fingerprint density at radius 1 is 1.10 bits per heavy atom. The molecule has 0 bridgehead atoms. The summed E-state index contributed by atoms with van der Waals surface area (Å²) in [5.41, 5.74) is -0.719.